The van der Waals surface area contributed by atoms with Gasteiger partial charge < -0.3 is 30.8 Å². The first kappa shape index (κ1) is 19.6. The number of primary amides is 1. The number of rotatable bonds is 8. The number of alkyl carbamates (subject to hydrolysis) is 1. The number of aromatic hydroxyl groups is 2. The molecule has 1 atom stereocenters. The quantitative estimate of drug-likeness (QED) is 0.520. The molecule has 144 valence electrons. The zero-order chi connectivity index (χ0) is 19.8. The second kappa shape index (κ2) is 9.13. The normalized spacial score (nSPS) is 11.4. The summed E-state index contributed by atoms with van der Waals surface area (Å²) in [6.45, 7) is -0.0244. The number of nitrogens with two attached hydrogens (primary N) is 1. The van der Waals surface area contributed by atoms with E-state index < -0.39 is 35.8 Å². The fourth-order valence-corrected chi connectivity index (χ4v) is 2.09. The zero-order valence-electron chi connectivity index (χ0n) is 14.2. The molecule has 2 amide bonds. The van der Waals surface area contributed by atoms with Gasteiger partial charge in [-0.15, -0.1) is 4.73 Å². The van der Waals surface area contributed by atoms with Gasteiger partial charge in [0.05, 0.1) is 0 Å². The molecule has 10 nitrogen and oxygen atoms in total. The number of ether oxygens (including phenoxy) is 1. The standard InChI is InChI=1S/C17H19N3O7/c18-13(21)7-6-12(16(24)27-20-14(22)8-9-15(20)23)19-17(25)26-10-11-4-2-1-3-5-11/h1-5,8-9,12,22-23H,6-7,10H2,(H2,18,21)(H,19,25)/t12-/m0/s1. The smallest absolute Gasteiger partial charge is 0.408 e. The minimum atomic E-state index is -1.29. The predicted molar refractivity (Wildman–Crippen MR) is 91.3 cm³/mol. The number of benzene rings is 1. The monoisotopic (exact) mass is 377 g/mol. The van der Waals surface area contributed by atoms with Gasteiger partial charge in [0, 0.05) is 18.6 Å². The third-order valence-corrected chi connectivity index (χ3v) is 3.45. The van der Waals surface area contributed by atoms with Crippen molar-refractivity contribution >= 4 is 18.0 Å². The Kier molecular flexibility index (Phi) is 6.64. The van der Waals surface area contributed by atoms with Crippen LogP contribution in [0, 0.1) is 0 Å². The molecule has 10 heteroatoms. The van der Waals surface area contributed by atoms with E-state index in [2.05, 4.69) is 5.32 Å². The van der Waals surface area contributed by atoms with E-state index >= 15 is 0 Å². The molecule has 0 aliphatic rings. The predicted octanol–water partition coefficient (Wildman–Crippen LogP) is 0.415. The molecule has 2 aromatic rings. The Balaban J connectivity index is 1.98. The van der Waals surface area contributed by atoms with Crippen LogP contribution in [0.2, 0.25) is 0 Å². The Morgan fingerprint density at radius 3 is 2.30 bits per heavy atom. The summed E-state index contributed by atoms with van der Waals surface area (Å²) in [5.74, 6) is -2.77. The van der Waals surface area contributed by atoms with Crippen LogP contribution < -0.4 is 15.9 Å². The maximum absolute atomic E-state index is 12.2. The van der Waals surface area contributed by atoms with Crippen molar-refractivity contribution in [2.75, 3.05) is 0 Å². The Bertz CT molecular complexity index is 785. The van der Waals surface area contributed by atoms with Gasteiger partial charge in [0.15, 0.2) is 0 Å². The van der Waals surface area contributed by atoms with Crippen molar-refractivity contribution in [1.82, 2.24) is 10.0 Å². The lowest BCUT2D eigenvalue weighted by Gasteiger charge is -2.17. The number of nitrogens with zero attached hydrogens (tertiary/aromatic N) is 1. The van der Waals surface area contributed by atoms with E-state index in [0.717, 1.165) is 17.7 Å². The summed E-state index contributed by atoms with van der Waals surface area (Å²) >= 11 is 0. The molecule has 0 saturated heterocycles. The molecule has 1 aromatic carbocycles. The lowest BCUT2D eigenvalue weighted by atomic mass is 10.1. The van der Waals surface area contributed by atoms with E-state index in [9.17, 15) is 24.6 Å². The van der Waals surface area contributed by atoms with Gasteiger partial charge in [-0.25, -0.2) is 9.59 Å². The highest BCUT2D eigenvalue weighted by atomic mass is 16.7. The molecule has 27 heavy (non-hydrogen) atoms. The van der Waals surface area contributed by atoms with Crippen molar-refractivity contribution in [2.24, 2.45) is 5.73 Å². The highest BCUT2D eigenvalue weighted by molar-refractivity contribution is 5.82. The summed E-state index contributed by atoms with van der Waals surface area (Å²) < 4.78 is 5.49. The highest BCUT2D eigenvalue weighted by Gasteiger charge is 2.26. The minimum absolute atomic E-state index is 0.0244. The van der Waals surface area contributed by atoms with Crippen LogP contribution in [0.25, 0.3) is 0 Å². The first-order chi connectivity index (χ1) is 12.9. The second-order valence-electron chi connectivity index (χ2n) is 5.52. The molecule has 0 aliphatic carbocycles. The maximum Gasteiger partial charge on any atom is 0.408 e. The van der Waals surface area contributed by atoms with Crippen LogP contribution in [0.1, 0.15) is 18.4 Å². The SMILES string of the molecule is NC(=O)CC[C@H](NC(=O)OCc1ccccc1)C(=O)On1c(O)ccc1O. The average molecular weight is 377 g/mol. The third kappa shape index (κ3) is 5.96. The Morgan fingerprint density at radius 1 is 1.07 bits per heavy atom. The lowest BCUT2D eigenvalue weighted by molar-refractivity contribution is -0.148. The fraction of sp³-hybridized carbons (Fsp3) is 0.235. The van der Waals surface area contributed by atoms with Gasteiger partial charge >= 0.3 is 12.1 Å². The van der Waals surface area contributed by atoms with Gasteiger partial charge in [0.2, 0.25) is 17.7 Å². The summed E-state index contributed by atoms with van der Waals surface area (Å²) in [6.07, 6.45) is -1.27. The summed E-state index contributed by atoms with van der Waals surface area (Å²) in [7, 11) is 0. The van der Waals surface area contributed by atoms with E-state index in [0.29, 0.717) is 4.73 Å². The Hall–Kier alpha value is -3.69. The topological polar surface area (TPSA) is 153 Å². The van der Waals surface area contributed by atoms with E-state index in [-0.39, 0.29) is 19.4 Å². The molecular weight excluding hydrogens is 358 g/mol. The largest absolute Gasteiger partial charge is 0.492 e. The van der Waals surface area contributed by atoms with Crippen LogP contribution in [0.15, 0.2) is 42.5 Å². The fourth-order valence-electron chi connectivity index (χ4n) is 2.09. The van der Waals surface area contributed by atoms with Crippen molar-refractivity contribution in [3.05, 3.63) is 48.0 Å². The first-order valence-electron chi connectivity index (χ1n) is 7.94. The van der Waals surface area contributed by atoms with Crippen LogP contribution in [0.5, 0.6) is 11.8 Å². The molecule has 0 fully saturated rings. The summed E-state index contributed by atoms with van der Waals surface area (Å²) in [5.41, 5.74) is 5.81. The Labute approximate surface area is 154 Å². The van der Waals surface area contributed by atoms with Crippen LogP contribution in [-0.2, 0) is 20.9 Å². The number of carbonyl (C=O) groups excluding carboxylic acids is 3. The number of amides is 2. The highest BCUT2D eigenvalue weighted by Crippen LogP contribution is 2.19. The number of nitrogens with one attached hydrogen (secondary N) is 1. The summed E-state index contributed by atoms with van der Waals surface area (Å²) in [6, 6.07) is 9.78. The maximum atomic E-state index is 12.2. The van der Waals surface area contributed by atoms with Crippen LogP contribution >= 0.6 is 0 Å². The molecule has 1 heterocycles. The molecule has 5 N–H and O–H groups in total. The second-order valence-corrected chi connectivity index (χ2v) is 5.52. The molecule has 0 radical (unpaired) electrons. The third-order valence-electron chi connectivity index (χ3n) is 3.45. The van der Waals surface area contributed by atoms with Crippen molar-refractivity contribution in [1.29, 1.82) is 0 Å². The average Bonchev–Trinajstić information content (AvgIpc) is 2.96. The van der Waals surface area contributed by atoms with Crippen LogP contribution in [0.4, 0.5) is 4.79 Å². The summed E-state index contributed by atoms with van der Waals surface area (Å²) in [4.78, 5) is 40.0. The van der Waals surface area contributed by atoms with Crippen molar-refractivity contribution < 1.29 is 34.2 Å². The molecule has 0 bridgehead atoms. The summed E-state index contributed by atoms with van der Waals surface area (Å²) in [5, 5.41) is 21.3. The van der Waals surface area contributed by atoms with E-state index in [1.165, 1.54) is 0 Å². The van der Waals surface area contributed by atoms with E-state index in [4.69, 9.17) is 15.3 Å². The minimum Gasteiger partial charge on any atom is -0.492 e. The molecule has 0 unspecified atom stereocenters. The van der Waals surface area contributed by atoms with Gasteiger partial charge in [-0.05, 0) is 12.0 Å². The van der Waals surface area contributed by atoms with Gasteiger partial charge in [-0.3, -0.25) is 4.79 Å². The van der Waals surface area contributed by atoms with Gasteiger partial charge in [0.1, 0.15) is 12.6 Å². The molecule has 2 rings (SSSR count). The molecule has 1 aromatic heterocycles. The lowest BCUT2D eigenvalue weighted by Crippen LogP contribution is -2.45. The molecule has 0 aliphatic heterocycles. The number of carbonyl (C=O) groups is 3. The molecule has 0 spiro atoms. The molecular formula is C17H19N3O7. The molecule has 0 saturated carbocycles. The van der Waals surface area contributed by atoms with Crippen molar-refractivity contribution in [2.45, 2.75) is 25.5 Å². The first-order valence-corrected chi connectivity index (χ1v) is 7.94. The van der Waals surface area contributed by atoms with E-state index in [1.54, 1.807) is 24.3 Å². The van der Waals surface area contributed by atoms with Crippen molar-refractivity contribution in [3.8, 4) is 11.8 Å². The van der Waals surface area contributed by atoms with Gasteiger partial charge in [-0.2, -0.15) is 0 Å². The van der Waals surface area contributed by atoms with E-state index in [1.807, 2.05) is 6.07 Å². The van der Waals surface area contributed by atoms with Gasteiger partial charge in [-0.1, -0.05) is 30.3 Å². The number of hydrogen-bond acceptors (Lipinski definition) is 7. The van der Waals surface area contributed by atoms with Gasteiger partial charge in [0.25, 0.3) is 0 Å². The Morgan fingerprint density at radius 2 is 1.70 bits per heavy atom. The van der Waals surface area contributed by atoms with Crippen LogP contribution in [-0.4, -0.2) is 39.0 Å². The zero-order valence-corrected chi connectivity index (χ0v) is 14.2. The van der Waals surface area contributed by atoms with Crippen LogP contribution in [0.3, 0.4) is 0 Å². The van der Waals surface area contributed by atoms with Crippen molar-refractivity contribution in [3.63, 3.8) is 0 Å². The number of aromatic nitrogens is 1. The number of hydrogen-bond donors (Lipinski definition) is 4.